The number of methoxy groups -OCH3 is 1. The lowest BCUT2D eigenvalue weighted by molar-refractivity contribution is 0.175. The molecular formula is C17H22N2O2. The van der Waals surface area contributed by atoms with E-state index in [9.17, 15) is 0 Å². The van der Waals surface area contributed by atoms with Gasteiger partial charge in [-0.1, -0.05) is 13.0 Å². The van der Waals surface area contributed by atoms with Gasteiger partial charge in [0, 0.05) is 18.7 Å². The van der Waals surface area contributed by atoms with Crippen molar-refractivity contribution in [3.63, 3.8) is 0 Å². The molecule has 3 rings (SSSR count). The first-order valence-electron chi connectivity index (χ1n) is 7.56. The number of piperidine rings is 1. The Hall–Kier alpha value is -1.81. The number of rotatable bonds is 4. The third-order valence-corrected chi connectivity index (χ3v) is 4.00. The van der Waals surface area contributed by atoms with Gasteiger partial charge in [-0.3, -0.25) is 4.90 Å². The van der Waals surface area contributed by atoms with Crippen molar-refractivity contribution in [3.05, 3.63) is 36.2 Å². The van der Waals surface area contributed by atoms with Gasteiger partial charge < -0.3 is 9.15 Å². The number of hydrogen-bond acceptors (Lipinski definition) is 4. The molecule has 0 radical (unpaired) electrons. The van der Waals surface area contributed by atoms with Crippen LogP contribution in [-0.4, -0.2) is 30.1 Å². The maximum Gasteiger partial charge on any atom is 0.226 e. The van der Waals surface area contributed by atoms with Gasteiger partial charge in [0.1, 0.15) is 12.0 Å². The van der Waals surface area contributed by atoms with Crippen molar-refractivity contribution < 1.29 is 9.15 Å². The van der Waals surface area contributed by atoms with E-state index in [0.717, 1.165) is 42.6 Å². The summed E-state index contributed by atoms with van der Waals surface area (Å²) in [7, 11) is 1.66. The molecule has 1 aliphatic rings. The standard InChI is InChI=1S/C17H22N2O2/c1-13-5-4-8-19(10-13)11-15-12-21-17(18-15)14-6-3-7-16(9-14)20-2/h3,6-7,9,12-13H,4-5,8,10-11H2,1-2H3. The molecule has 1 fully saturated rings. The van der Waals surface area contributed by atoms with E-state index < -0.39 is 0 Å². The maximum absolute atomic E-state index is 5.63. The fourth-order valence-electron chi connectivity index (χ4n) is 2.93. The fourth-order valence-corrected chi connectivity index (χ4v) is 2.93. The molecule has 1 aromatic heterocycles. The number of aromatic nitrogens is 1. The summed E-state index contributed by atoms with van der Waals surface area (Å²) in [6.45, 7) is 5.50. The second kappa shape index (κ2) is 6.31. The summed E-state index contributed by atoms with van der Waals surface area (Å²) >= 11 is 0. The largest absolute Gasteiger partial charge is 0.497 e. The monoisotopic (exact) mass is 286 g/mol. The first kappa shape index (κ1) is 14.1. The summed E-state index contributed by atoms with van der Waals surface area (Å²) in [5, 5.41) is 0. The van der Waals surface area contributed by atoms with E-state index >= 15 is 0 Å². The minimum absolute atomic E-state index is 0.661. The van der Waals surface area contributed by atoms with Gasteiger partial charge in [0.15, 0.2) is 0 Å². The van der Waals surface area contributed by atoms with Crippen LogP contribution >= 0.6 is 0 Å². The highest BCUT2D eigenvalue weighted by atomic mass is 16.5. The summed E-state index contributed by atoms with van der Waals surface area (Å²) < 4.78 is 10.9. The van der Waals surface area contributed by atoms with E-state index in [1.165, 1.54) is 12.8 Å². The summed E-state index contributed by atoms with van der Waals surface area (Å²) in [5.74, 6) is 2.26. The normalized spacial score (nSPS) is 19.6. The van der Waals surface area contributed by atoms with E-state index in [1.54, 1.807) is 13.4 Å². The summed E-state index contributed by atoms with van der Waals surface area (Å²) in [5.41, 5.74) is 1.95. The first-order chi connectivity index (χ1) is 10.2. The molecule has 1 atom stereocenters. The molecule has 112 valence electrons. The van der Waals surface area contributed by atoms with Crippen molar-refractivity contribution in [2.75, 3.05) is 20.2 Å². The predicted octanol–water partition coefficient (Wildman–Crippen LogP) is 3.58. The molecular weight excluding hydrogens is 264 g/mol. The van der Waals surface area contributed by atoms with Crippen LogP contribution in [0.5, 0.6) is 5.75 Å². The van der Waals surface area contributed by atoms with Crippen molar-refractivity contribution >= 4 is 0 Å². The van der Waals surface area contributed by atoms with Gasteiger partial charge in [-0.25, -0.2) is 4.98 Å². The molecule has 0 amide bonds. The highest BCUT2D eigenvalue weighted by Gasteiger charge is 2.18. The molecule has 0 saturated carbocycles. The minimum Gasteiger partial charge on any atom is -0.497 e. The van der Waals surface area contributed by atoms with E-state index in [1.807, 2.05) is 24.3 Å². The lowest BCUT2D eigenvalue weighted by Gasteiger charge is -2.29. The molecule has 0 aliphatic carbocycles. The molecule has 0 bridgehead atoms. The van der Waals surface area contributed by atoms with Crippen LogP contribution in [0, 0.1) is 5.92 Å². The lowest BCUT2D eigenvalue weighted by atomic mass is 10.0. The van der Waals surface area contributed by atoms with Crippen LogP contribution in [0.25, 0.3) is 11.5 Å². The Morgan fingerprint density at radius 3 is 3.14 bits per heavy atom. The molecule has 1 saturated heterocycles. The van der Waals surface area contributed by atoms with Crippen LogP contribution in [0.1, 0.15) is 25.5 Å². The molecule has 4 heteroatoms. The quantitative estimate of drug-likeness (QED) is 0.861. The average molecular weight is 286 g/mol. The van der Waals surface area contributed by atoms with Gasteiger partial charge in [-0.15, -0.1) is 0 Å². The first-order valence-corrected chi connectivity index (χ1v) is 7.56. The Balaban J connectivity index is 1.70. The number of oxazole rings is 1. The van der Waals surface area contributed by atoms with Crippen LogP contribution in [0.15, 0.2) is 34.9 Å². The van der Waals surface area contributed by atoms with Crippen LogP contribution in [0.2, 0.25) is 0 Å². The van der Waals surface area contributed by atoms with Gasteiger partial charge in [0.2, 0.25) is 5.89 Å². The van der Waals surface area contributed by atoms with Crippen molar-refractivity contribution in [1.29, 1.82) is 0 Å². The van der Waals surface area contributed by atoms with Crippen LogP contribution in [0.4, 0.5) is 0 Å². The number of ether oxygens (including phenoxy) is 1. The zero-order chi connectivity index (χ0) is 14.7. The van der Waals surface area contributed by atoms with Gasteiger partial charge in [-0.2, -0.15) is 0 Å². The Labute approximate surface area is 125 Å². The highest BCUT2D eigenvalue weighted by Crippen LogP contribution is 2.24. The number of likely N-dealkylation sites (tertiary alicyclic amines) is 1. The lowest BCUT2D eigenvalue weighted by Crippen LogP contribution is -2.33. The Morgan fingerprint density at radius 1 is 1.43 bits per heavy atom. The average Bonchev–Trinajstić information content (AvgIpc) is 2.96. The zero-order valence-electron chi connectivity index (χ0n) is 12.7. The van der Waals surface area contributed by atoms with Gasteiger partial charge in [0.05, 0.1) is 12.8 Å². The van der Waals surface area contributed by atoms with Crippen molar-refractivity contribution in [1.82, 2.24) is 9.88 Å². The number of hydrogen-bond donors (Lipinski definition) is 0. The molecule has 1 aliphatic heterocycles. The molecule has 2 heterocycles. The van der Waals surface area contributed by atoms with Crippen LogP contribution in [0.3, 0.4) is 0 Å². The second-order valence-corrected chi connectivity index (χ2v) is 5.86. The third kappa shape index (κ3) is 3.45. The summed E-state index contributed by atoms with van der Waals surface area (Å²) in [4.78, 5) is 7.07. The Kier molecular flexibility index (Phi) is 4.25. The van der Waals surface area contributed by atoms with Crippen molar-refractivity contribution in [2.24, 2.45) is 5.92 Å². The Bertz CT molecular complexity index is 594. The minimum atomic E-state index is 0.661. The summed E-state index contributed by atoms with van der Waals surface area (Å²) in [6, 6.07) is 7.80. The smallest absolute Gasteiger partial charge is 0.226 e. The molecule has 1 aromatic carbocycles. The SMILES string of the molecule is COc1cccc(-c2nc(CN3CCCC(C)C3)co2)c1. The highest BCUT2D eigenvalue weighted by molar-refractivity contribution is 5.55. The molecule has 1 unspecified atom stereocenters. The fraction of sp³-hybridized carbons (Fsp3) is 0.471. The second-order valence-electron chi connectivity index (χ2n) is 5.86. The maximum atomic E-state index is 5.63. The Morgan fingerprint density at radius 2 is 2.33 bits per heavy atom. The van der Waals surface area contributed by atoms with Crippen LogP contribution < -0.4 is 4.74 Å². The predicted molar refractivity (Wildman–Crippen MR) is 82.2 cm³/mol. The van der Waals surface area contributed by atoms with Gasteiger partial charge >= 0.3 is 0 Å². The van der Waals surface area contributed by atoms with Gasteiger partial charge in [0.25, 0.3) is 0 Å². The molecule has 2 aromatic rings. The third-order valence-electron chi connectivity index (χ3n) is 4.00. The molecule has 0 spiro atoms. The van der Waals surface area contributed by atoms with Crippen molar-refractivity contribution in [3.8, 4) is 17.2 Å². The van der Waals surface area contributed by atoms with E-state index in [0.29, 0.717) is 5.89 Å². The molecule has 21 heavy (non-hydrogen) atoms. The topological polar surface area (TPSA) is 38.5 Å². The van der Waals surface area contributed by atoms with E-state index in [-0.39, 0.29) is 0 Å². The van der Waals surface area contributed by atoms with E-state index in [4.69, 9.17) is 9.15 Å². The summed E-state index contributed by atoms with van der Waals surface area (Å²) in [6.07, 6.45) is 4.39. The molecule has 0 N–H and O–H groups in total. The van der Waals surface area contributed by atoms with Gasteiger partial charge in [-0.05, 0) is 43.5 Å². The molecule has 4 nitrogen and oxygen atoms in total. The van der Waals surface area contributed by atoms with E-state index in [2.05, 4.69) is 16.8 Å². The van der Waals surface area contributed by atoms with Crippen molar-refractivity contribution in [2.45, 2.75) is 26.3 Å². The van der Waals surface area contributed by atoms with Crippen LogP contribution in [-0.2, 0) is 6.54 Å². The number of nitrogens with zero attached hydrogens (tertiary/aromatic N) is 2. The zero-order valence-corrected chi connectivity index (χ0v) is 12.7. The number of benzene rings is 1.